The summed E-state index contributed by atoms with van der Waals surface area (Å²) in [7, 11) is 0. The monoisotopic (exact) mass is 280 g/mol. The Labute approximate surface area is 112 Å². The number of nitro groups is 1. The highest BCUT2D eigenvalue weighted by molar-refractivity contribution is 5.95. The number of nitro benzene ring substituents is 1. The number of nitrogens with two attached hydrogens (primary N) is 3. The van der Waals surface area contributed by atoms with Gasteiger partial charge in [-0.15, -0.1) is 0 Å². The molecule has 0 bridgehead atoms. The zero-order chi connectivity index (χ0) is 15.4. The number of aromatic carboxylic acids is 1. The Balaban J connectivity index is 3.50. The summed E-state index contributed by atoms with van der Waals surface area (Å²) in [6.45, 7) is 1.41. The molecule has 106 valence electrons. The second kappa shape index (κ2) is 5.65. The molecule has 0 aliphatic carbocycles. The molecule has 10 heteroatoms. The quantitative estimate of drug-likeness (QED) is 0.256. The number of nitrogens with zero attached hydrogens (tertiary/aromatic N) is 3. The molecule has 0 aliphatic rings. The number of carbonyl (C=O) groups is 1. The number of benzene rings is 1. The van der Waals surface area contributed by atoms with Gasteiger partial charge in [-0.2, -0.15) is 4.99 Å². The van der Waals surface area contributed by atoms with Gasteiger partial charge in [0.1, 0.15) is 0 Å². The molecule has 1 aromatic carbocycles. The average Bonchev–Trinajstić information content (AvgIpc) is 2.29. The summed E-state index contributed by atoms with van der Waals surface area (Å²) >= 11 is 0. The van der Waals surface area contributed by atoms with Gasteiger partial charge < -0.3 is 22.3 Å². The highest BCUT2D eigenvalue weighted by atomic mass is 16.6. The maximum Gasteiger partial charge on any atom is 0.336 e. The van der Waals surface area contributed by atoms with E-state index in [4.69, 9.17) is 22.3 Å². The van der Waals surface area contributed by atoms with Crippen LogP contribution in [0.4, 0.5) is 11.4 Å². The van der Waals surface area contributed by atoms with Crippen LogP contribution in [0, 0.1) is 17.0 Å². The Hall–Kier alpha value is -3.17. The molecule has 10 nitrogen and oxygen atoms in total. The molecule has 0 saturated carbocycles. The lowest BCUT2D eigenvalue weighted by Gasteiger charge is -2.04. The number of guanidine groups is 2. The van der Waals surface area contributed by atoms with Crippen LogP contribution in [0.1, 0.15) is 15.9 Å². The van der Waals surface area contributed by atoms with Gasteiger partial charge in [-0.3, -0.25) is 10.1 Å². The molecule has 0 amide bonds. The van der Waals surface area contributed by atoms with Crippen molar-refractivity contribution in [3.63, 3.8) is 0 Å². The van der Waals surface area contributed by atoms with E-state index in [1.54, 1.807) is 0 Å². The number of carboxylic acid groups (broad SMARTS) is 1. The minimum Gasteiger partial charge on any atom is -0.478 e. The average molecular weight is 280 g/mol. The van der Waals surface area contributed by atoms with E-state index in [1.165, 1.54) is 6.92 Å². The third kappa shape index (κ3) is 3.41. The van der Waals surface area contributed by atoms with Crippen molar-refractivity contribution in [3.8, 4) is 0 Å². The number of hydrogen-bond acceptors (Lipinski definition) is 4. The van der Waals surface area contributed by atoms with E-state index in [9.17, 15) is 14.9 Å². The molecule has 0 atom stereocenters. The molecule has 20 heavy (non-hydrogen) atoms. The van der Waals surface area contributed by atoms with Crippen molar-refractivity contribution in [3.05, 3.63) is 33.4 Å². The molecule has 1 aromatic rings. The summed E-state index contributed by atoms with van der Waals surface area (Å²) in [4.78, 5) is 28.3. The predicted molar refractivity (Wildman–Crippen MR) is 71.9 cm³/mol. The van der Waals surface area contributed by atoms with Gasteiger partial charge in [0, 0.05) is 6.07 Å². The fourth-order valence-electron chi connectivity index (χ4n) is 1.39. The van der Waals surface area contributed by atoms with Gasteiger partial charge in [0.05, 0.1) is 21.7 Å². The fourth-order valence-corrected chi connectivity index (χ4v) is 1.39. The third-order valence-corrected chi connectivity index (χ3v) is 2.28. The summed E-state index contributed by atoms with van der Waals surface area (Å²) in [5.41, 5.74) is 15.1. The Morgan fingerprint density at radius 2 is 1.95 bits per heavy atom. The summed E-state index contributed by atoms with van der Waals surface area (Å²) < 4.78 is 0. The van der Waals surface area contributed by atoms with Gasteiger partial charge in [-0.05, 0) is 13.0 Å². The highest BCUT2D eigenvalue weighted by Gasteiger charge is 2.19. The van der Waals surface area contributed by atoms with Gasteiger partial charge in [-0.1, -0.05) is 0 Å². The van der Waals surface area contributed by atoms with E-state index in [0.717, 1.165) is 12.1 Å². The molecular weight excluding hydrogens is 268 g/mol. The smallest absolute Gasteiger partial charge is 0.336 e. The van der Waals surface area contributed by atoms with Crippen molar-refractivity contribution in [2.24, 2.45) is 27.2 Å². The first kappa shape index (κ1) is 14.9. The number of hydrogen-bond donors (Lipinski definition) is 4. The summed E-state index contributed by atoms with van der Waals surface area (Å²) in [6.07, 6.45) is 0. The van der Waals surface area contributed by atoms with Gasteiger partial charge in [0.2, 0.25) is 5.96 Å². The van der Waals surface area contributed by atoms with Crippen molar-refractivity contribution >= 4 is 29.3 Å². The van der Waals surface area contributed by atoms with Crippen molar-refractivity contribution in [1.82, 2.24) is 0 Å². The number of rotatable bonds is 3. The molecular formula is C10H12N6O4. The molecule has 0 radical (unpaired) electrons. The minimum absolute atomic E-state index is 0.000833. The highest BCUT2D eigenvalue weighted by Crippen LogP contribution is 2.30. The second-order valence-electron chi connectivity index (χ2n) is 3.71. The van der Waals surface area contributed by atoms with Crippen molar-refractivity contribution in [2.45, 2.75) is 6.92 Å². The van der Waals surface area contributed by atoms with Gasteiger partial charge >= 0.3 is 5.97 Å². The van der Waals surface area contributed by atoms with E-state index >= 15 is 0 Å². The van der Waals surface area contributed by atoms with Crippen LogP contribution in [0.3, 0.4) is 0 Å². The lowest BCUT2D eigenvalue weighted by molar-refractivity contribution is -0.385. The maximum absolute atomic E-state index is 10.9. The van der Waals surface area contributed by atoms with Crippen LogP contribution in [0.15, 0.2) is 22.1 Å². The molecule has 0 saturated heterocycles. The molecule has 0 spiro atoms. The summed E-state index contributed by atoms with van der Waals surface area (Å²) in [5.74, 6) is -2.01. The first-order valence-corrected chi connectivity index (χ1v) is 5.18. The fraction of sp³-hybridized carbons (Fsp3) is 0.100. The standard InChI is InChI=1S/C10H12N6O4/c1-4-6(14-10(13)15-9(11)12)2-5(8(17)18)3-7(4)16(19)20/h2-3H,1H3,(H,17,18)(H6,11,12,13,14,15). The van der Waals surface area contributed by atoms with E-state index in [2.05, 4.69) is 9.98 Å². The molecule has 7 N–H and O–H groups in total. The zero-order valence-electron chi connectivity index (χ0n) is 10.4. The van der Waals surface area contributed by atoms with Crippen molar-refractivity contribution in [2.75, 3.05) is 0 Å². The summed E-state index contributed by atoms with van der Waals surface area (Å²) in [6, 6.07) is 2.08. The van der Waals surface area contributed by atoms with Gasteiger partial charge in [-0.25, -0.2) is 9.79 Å². The topological polar surface area (TPSA) is 183 Å². The molecule has 0 fully saturated rings. The zero-order valence-corrected chi connectivity index (χ0v) is 10.4. The minimum atomic E-state index is -1.33. The van der Waals surface area contributed by atoms with Crippen LogP contribution in [0.25, 0.3) is 0 Å². The van der Waals surface area contributed by atoms with Gasteiger partial charge in [0.15, 0.2) is 5.96 Å². The van der Waals surface area contributed by atoms with Crippen LogP contribution in [-0.4, -0.2) is 27.9 Å². The lowest BCUT2D eigenvalue weighted by atomic mass is 10.1. The molecule has 0 unspecified atom stereocenters. The first-order valence-electron chi connectivity index (χ1n) is 5.18. The van der Waals surface area contributed by atoms with Crippen LogP contribution < -0.4 is 17.2 Å². The molecule has 0 heterocycles. The van der Waals surface area contributed by atoms with Crippen LogP contribution >= 0.6 is 0 Å². The number of carboxylic acids is 1. The van der Waals surface area contributed by atoms with E-state index in [0.29, 0.717) is 0 Å². The largest absolute Gasteiger partial charge is 0.478 e. The van der Waals surface area contributed by atoms with Crippen molar-refractivity contribution in [1.29, 1.82) is 0 Å². The van der Waals surface area contributed by atoms with Crippen LogP contribution in [0.2, 0.25) is 0 Å². The molecule has 1 rings (SSSR count). The summed E-state index contributed by atoms with van der Waals surface area (Å²) in [5, 5.41) is 19.8. The predicted octanol–water partition coefficient (Wildman–Crippen LogP) is -0.179. The van der Waals surface area contributed by atoms with E-state index in [1.807, 2.05) is 0 Å². The third-order valence-electron chi connectivity index (χ3n) is 2.28. The maximum atomic E-state index is 10.9. The Kier molecular flexibility index (Phi) is 4.20. The lowest BCUT2D eigenvalue weighted by Crippen LogP contribution is -2.26. The molecule has 0 aliphatic heterocycles. The molecule has 0 aromatic heterocycles. The Bertz CT molecular complexity index is 633. The van der Waals surface area contributed by atoms with Crippen molar-refractivity contribution < 1.29 is 14.8 Å². The second-order valence-corrected chi connectivity index (χ2v) is 3.71. The Morgan fingerprint density at radius 1 is 1.35 bits per heavy atom. The van der Waals surface area contributed by atoms with E-state index < -0.39 is 10.9 Å². The van der Waals surface area contributed by atoms with Crippen LogP contribution in [-0.2, 0) is 0 Å². The normalized spacial score (nSPS) is 10.9. The van der Waals surface area contributed by atoms with E-state index in [-0.39, 0.29) is 34.4 Å². The SMILES string of the molecule is Cc1c(N=C(N)N=C(N)N)cc(C(=O)O)cc1[N+](=O)[O-]. The first-order chi connectivity index (χ1) is 9.22. The van der Waals surface area contributed by atoms with Gasteiger partial charge in [0.25, 0.3) is 5.69 Å². The van der Waals surface area contributed by atoms with Crippen LogP contribution in [0.5, 0.6) is 0 Å². The number of aliphatic imine (C=N–C) groups is 2. The Morgan fingerprint density at radius 3 is 2.40 bits per heavy atom.